The Bertz CT molecular complexity index is 692. The Morgan fingerprint density at radius 2 is 2.14 bits per heavy atom. The van der Waals surface area contributed by atoms with Gasteiger partial charge in [-0.25, -0.2) is 9.78 Å². The maximum absolute atomic E-state index is 11.7. The highest BCUT2D eigenvalue weighted by molar-refractivity contribution is 7.84. The Kier molecular flexibility index (Phi) is 4.77. The van der Waals surface area contributed by atoms with E-state index in [0.29, 0.717) is 23.6 Å². The van der Waals surface area contributed by atoms with Crippen LogP contribution in [0.4, 0.5) is 0 Å². The van der Waals surface area contributed by atoms with Gasteiger partial charge in [-0.3, -0.25) is 4.21 Å². The molecule has 2 rings (SSSR count). The van der Waals surface area contributed by atoms with E-state index in [2.05, 4.69) is 9.55 Å². The van der Waals surface area contributed by atoms with Gasteiger partial charge in [-0.1, -0.05) is 20.8 Å². The van der Waals surface area contributed by atoms with E-state index in [1.54, 1.807) is 18.2 Å². The molecule has 0 fully saturated rings. The van der Waals surface area contributed by atoms with E-state index in [0.717, 1.165) is 11.3 Å². The van der Waals surface area contributed by atoms with Crippen molar-refractivity contribution in [2.45, 2.75) is 33.2 Å². The second-order valence-corrected chi connectivity index (χ2v) is 7.08. The van der Waals surface area contributed by atoms with Crippen molar-refractivity contribution >= 4 is 27.8 Å². The highest BCUT2D eigenvalue weighted by Gasteiger charge is 2.15. The Morgan fingerprint density at radius 1 is 1.43 bits per heavy atom. The van der Waals surface area contributed by atoms with Crippen LogP contribution < -0.4 is 0 Å². The maximum atomic E-state index is 11.7. The first kappa shape index (κ1) is 15.7. The average Bonchev–Trinajstić information content (AvgIpc) is 2.82. The van der Waals surface area contributed by atoms with Gasteiger partial charge in [0, 0.05) is 34.8 Å². The van der Waals surface area contributed by atoms with Gasteiger partial charge in [-0.2, -0.15) is 0 Å². The van der Waals surface area contributed by atoms with Crippen LogP contribution in [0.5, 0.6) is 0 Å². The number of carbonyl (C=O) groups is 1. The summed E-state index contributed by atoms with van der Waals surface area (Å²) >= 11 is 0. The lowest BCUT2D eigenvalue weighted by molar-refractivity contribution is 0.0697. The molecule has 0 saturated carbocycles. The van der Waals surface area contributed by atoms with Crippen LogP contribution in [0.2, 0.25) is 0 Å². The summed E-state index contributed by atoms with van der Waals surface area (Å²) in [7, 11) is -0.830. The molecule has 1 aromatic carbocycles. The molecule has 114 valence electrons. The van der Waals surface area contributed by atoms with Crippen molar-refractivity contribution in [2.24, 2.45) is 0 Å². The molecule has 5 nitrogen and oxygen atoms in total. The van der Waals surface area contributed by atoms with Gasteiger partial charge in [-0.05, 0) is 18.2 Å². The number of carboxylic acid groups (broad SMARTS) is 1. The van der Waals surface area contributed by atoms with Crippen molar-refractivity contribution in [3.63, 3.8) is 0 Å². The summed E-state index contributed by atoms with van der Waals surface area (Å²) in [6, 6.07) is 4.97. The van der Waals surface area contributed by atoms with Crippen molar-refractivity contribution in [3.8, 4) is 0 Å². The molecule has 2 aromatic rings. The molecule has 6 heteroatoms. The summed E-state index contributed by atoms with van der Waals surface area (Å²) in [6.07, 6.45) is 0. The van der Waals surface area contributed by atoms with E-state index < -0.39 is 16.8 Å². The summed E-state index contributed by atoms with van der Waals surface area (Å²) in [5.41, 5.74) is 1.82. The van der Waals surface area contributed by atoms with Crippen LogP contribution in [-0.4, -0.2) is 36.3 Å². The van der Waals surface area contributed by atoms with Crippen LogP contribution in [0.3, 0.4) is 0 Å². The molecule has 21 heavy (non-hydrogen) atoms. The van der Waals surface area contributed by atoms with Crippen molar-refractivity contribution in [2.75, 3.05) is 11.5 Å². The van der Waals surface area contributed by atoms with Crippen LogP contribution in [0.1, 0.15) is 42.9 Å². The van der Waals surface area contributed by atoms with Crippen LogP contribution >= 0.6 is 0 Å². The van der Waals surface area contributed by atoms with Gasteiger partial charge >= 0.3 is 5.97 Å². The number of aromatic carboxylic acids is 1. The Hall–Kier alpha value is -1.69. The summed E-state index contributed by atoms with van der Waals surface area (Å²) in [4.78, 5) is 15.6. The van der Waals surface area contributed by atoms with Gasteiger partial charge in [0.15, 0.2) is 0 Å². The van der Waals surface area contributed by atoms with E-state index in [-0.39, 0.29) is 11.5 Å². The first-order valence-corrected chi connectivity index (χ1v) is 8.51. The molecule has 1 heterocycles. The van der Waals surface area contributed by atoms with Gasteiger partial charge in [0.1, 0.15) is 5.82 Å². The standard InChI is InChI=1S/C15H20N2O3S/c1-4-21(20)8-7-17-13-6-5-11(15(18)19)9-12(13)16-14(17)10(2)3/h5-6,9-10H,4,7-8H2,1-3H3,(H,18,19). The fourth-order valence-electron chi connectivity index (χ4n) is 2.29. The fraction of sp³-hybridized carbons (Fsp3) is 0.467. The minimum Gasteiger partial charge on any atom is -0.478 e. The molecule has 0 radical (unpaired) electrons. The zero-order valence-electron chi connectivity index (χ0n) is 12.5. The number of rotatable bonds is 6. The highest BCUT2D eigenvalue weighted by atomic mass is 32.2. The van der Waals surface area contributed by atoms with Gasteiger partial charge in [0.2, 0.25) is 0 Å². The first-order valence-electron chi connectivity index (χ1n) is 7.02. The third-order valence-corrected chi connectivity index (χ3v) is 4.69. The second kappa shape index (κ2) is 6.39. The lowest BCUT2D eigenvalue weighted by Crippen LogP contribution is -2.12. The zero-order chi connectivity index (χ0) is 15.6. The number of nitrogens with zero attached hydrogens (tertiary/aromatic N) is 2. The van der Waals surface area contributed by atoms with E-state index in [1.807, 2.05) is 20.8 Å². The highest BCUT2D eigenvalue weighted by Crippen LogP contribution is 2.23. The van der Waals surface area contributed by atoms with Gasteiger partial charge in [0.25, 0.3) is 0 Å². The quantitative estimate of drug-likeness (QED) is 0.890. The third-order valence-electron chi connectivity index (χ3n) is 3.41. The zero-order valence-corrected chi connectivity index (χ0v) is 13.3. The molecule has 0 aliphatic rings. The molecule has 1 aromatic heterocycles. The van der Waals surface area contributed by atoms with Gasteiger partial charge in [-0.15, -0.1) is 0 Å². The average molecular weight is 308 g/mol. The number of aromatic nitrogens is 2. The fourth-order valence-corrected chi connectivity index (χ4v) is 2.97. The molecule has 1 atom stereocenters. The number of imidazole rings is 1. The molecule has 1 unspecified atom stereocenters. The summed E-state index contributed by atoms with van der Waals surface area (Å²) in [6.45, 7) is 6.64. The lowest BCUT2D eigenvalue weighted by atomic mass is 10.2. The van der Waals surface area contributed by atoms with Crippen LogP contribution in [0.25, 0.3) is 11.0 Å². The smallest absolute Gasteiger partial charge is 0.335 e. The number of aryl methyl sites for hydroxylation is 1. The number of hydrogen-bond donors (Lipinski definition) is 1. The molecule has 0 aliphatic heterocycles. The minimum atomic E-state index is -0.954. The van der Waals surface area contributed by atoms with Gasteiger partial charge < -0.3 is 9.67 Å². The molecular formula is C15H20N2O3S. The molecule has 0 bridgehead atoms. The van der Waals surface area contributed by atoms with Crippen molar-refractivity contribution in [3.05, 3.63) is 29.6 Å². The SMILES string of the molecule is CCS(=O)CCn1c(C(C)C)nc2cc(C(=O)O)ccc21. The molecule has 1 N–H and O–H groups in total. The Balaban J connectivity index is 2.47. The summed E-state index contributed by atoms with van der Waals surface area (Å²) in [5.74, 6) is 1.40. The Labute approximate surface area is 126 Å². The van der Waals surface area contributed by atoms with E-state index in [1.165, 1.54) is 0 Å². The normalized spacial score (nSPS) is 13.0. The predicted molar refractivity (Wildman–Crippen MR) is 84.3 cm³/mol. The lowest BCUT2D eigenvalue weighted by Gasteiger charge is -2.11. The molecule has 0 aliphatic carbocycles. The number of carboxylic acids is 1. The van der Waals surface area contributed by atoms with Gasteiger partial charge in [0.05, 0.1) is 16.6 Å². The monoisotopic (exact) mass is 308 g/mol. The van der Waals surface area contributed by atoms with Crippen molar-refractivity contribution in [1.29, 1.82) is 0 Å². The van der Waals surface area contributed by atoms with Crippen molar-refractivity contribution < 1.29 is 14.1 Å². The van der Waals surface area contributed by atoms with Crippen LogP contribution in [-0.2, 0) is 17.3 Å². The third kappa shape index (κ3) is 3.32. The van der Waals surface area contributed by atoms with Crippen LogP contribution in [0.15, 0.2) is 18.2 Å². The number of benzene rings is 1. The molecular weight excluding hydrogens is 288 g/mol. The summed E-state index contributed by atoms with van der Waals surface area (Å²) in [5, 5.41) is 9.06. The van der Waals surface area contributed by atoms with E-state index >= 15 is 0 Å². The second-order valence-electron chi connectivity index (χ2n) is 5.22. The van der Waals surface area contributed by atoms with Crippen molar-refractivity contribution in [1.82, 2.24) is 9.55 Å². The van der Waals surface area contributed by atoms with Crippen LogP contribution in [0, 0.1) is 0 Å². The maximum Gasteiger partial charge on any atom is 0.335 e. The van der Waals surface area contributed by atoms with E-state index in [4.69, 9.17) is 5.11 Å². The largest absolute Gasteiger partial charge is 0.478 e. The molecule has 0 saturated heterocycles. The number of fused-ring (bicyclic) bond motifs is 1. The Morgan fingerprint density at radius 3 is 2.71 bits per heavy atom. The first-order chi connectivity index (χ1) is 9.93. The summed E-state index contributed by atoms with van der Waals surface area (Å²) < 4.78 is 13.7. The molecule has 0 spiro atoms. The topological polar surface area (TPSA) is 72.2 Å². The number of hydrogen-bond acceptors (Lipinski definition) is 3. The molecule has 0 amide bonds. The van der Waals surface area contributed by atoms with E-state index in [9.17, 15) is 9.00 Å². The minimum absolute atomic E-state index is 0.223. The predicted octanol–water partition coefficient (Wildman–Crippen LogP) is 2.63.